The summed E-state index contributed by atoms with van der Waals surface area (Å²) in [5.74, 6) is 0.0142. The zero-order chi connectivity index (χ0) is 13.9. The van der Waals surface area contributed by atoms with Crippen molar-refractivity contribution >= 4 is 16.8 Å². The monoisotopic (exact) mass is 267 g/mol. The van der Waals surface area contributed by atoms with Crippen LogP contribution in [0.3, 0.4) is 0 Å². The molecule has 0 unspecified atom stereocenters. The summed E-state index contributed by atoms with van der Waals surface area (Å²) in [6, 6.07) is 12.0. The van der Waals surface area contributed by atoms with Crippen molar-refractivity contribution in [3.05, 3.63) is 60.0 Å². The van der Waals surface area contributed by atoms with Crippen molar-refractivity contribution < 1.29 is 4.79 Å². The number of carbonyl (C=O) groups is 1. The highest BCUT2D eigenvalue weighted by atomic mass is 16.2. The van der Waals surface area contributed by atoms with Crippen molar-refractivity contribution in [3.8, 4) is 0 Å². The molecule has 102 valence electrons. The third kappa shape index (κ3) is 2.45. The molecule has 3 aromatic rings. The Balaban J connectivity index is 1.71. The fourth-order valence-electron chi connectivity index (χ4n) is 2.40. The van der Waals surface area contributed by atoms with Gasteiger partial charge in [-0.15, -0.1) is 0 Å². The summed E-state index contributed by atoms with van der Waals surface area (Å²) in [4.78, 5) is 15.1. The molecule has 0 saturated carbocycles. The first-order chi connectivity index (χ1) is 9.74. The van der Waals surface area contributed by atoms with Crippen molar-refractivity contribution in [1.82, 2.24) is 9.66 Å². The molecule has 4 heteroatoms. The molecule has 0 aliphatic heterocycles. The minimum absolute atomic E-state index is 0.0142. The number of hydrogen-bond donors (Lipinski definition) is 2. The Labute approximate surface area is 117 Å². The van der Waals surface area contributed by atoms with Gasteiger partial charge in [0.15, 0.2) is 0 Å². The topological polar surface area (TPSA) is 49.8 Å². The van der Waals surface area contributed by atoms with E-state index in [1.54, 1.807) is 0 Å². The highest BCUT2D eigenvalue weighted by Crippen LogP contribution is 2.19. The molecule has 0 radical (unpaired) electrons. The molecular weight excluding hydrogens is 250 g/mol. The summed E-state index contributed by atoms with van der Waals surface area (Å²) in [5.41, 5.74) is 6.19. The Morgan fingerprint density at radius 3 is 2.90 bits per heavy atom. The van der Waals surface area contributed by atoms with E-state index < -0.39 is 0 Å². The second-order valence-corrected chi connectivity index (χ2v) is 4.93. The van der Waals surface area contributed by atoms with Gasteiger partial charge in [0, 0.05) is 29.9 Å². The van der Waals surface area contributed by atoms with Crippen LogP contribution in [0.1, 0.15) is 17.7 Å². The van der Waals surface area contributed by atoms with Gasteiger partial charge >= 0.3 is 0 Å². The van der Waals surface area contributed by atoms with Gasteiger partial charge in [-0.1, -0.05) is 18.2 Å². The van der Waals surface area contributed by atoms with Gasteiger partial charge in [-0.25, -0.2) is 0 Å². The largest absolute Gasteiger partial charge is 0.365 e. The van der Waals surface area contributed by atoms with Gasteiger partial charge in [-0.3, -0.25) is 14.9 Å². The molecule has 1 aromatic carbocycles. The first kappa shape index (κ1) is 12.5. The maximum Gasteiger partial charge on any atom is 0.239 e. The number of rotatable bonds is 4. The van der Waals surface area contributed by atoms with Gasteiger partial charge in [0.2, 0.25) is 5.91 Å². The van der Waals surface area contributed by atoms with Crippen molar-refractivity contribution in [1.29, 1.82) is 0 Å². The number of H-pyrrole nitrogens is 1. The van der Waals surface area contributed by atoms with E-state index in [0.29, 0.717) is 6.42 Å². The van der Waals surface area contributed by atoms with Gasteiger partial charge < -0.3 is 4.98 Å². The summed E-state index contributed by atoms with van der Waals surface area (Å²) >= 11 is 0. The first-order valence-electron chi connectivity index (χ1n) is 6.73. The molecular formula is C16H17N3O. The second-order valence-electron chi connectivity index (χ2n) is 4.93. The van der Waals surface area contributed by atoms with E-state index in [2.05, 4.69) is 16.5 Å². The summed E-state index contributed by atoms with van der Waals surface area (Å²) < 4.78 is 1.81. The van der Waals surface area contributed by atoms with Crippen LogP contribution >= 0.6 is 0 Å². The smallest absolute Gasteiger partial charge is 0.239 e. The van der Waals surface area contributed by atoms with Gasteiger partial charge in [-0.2, -0.15) is 0 Å². The number of nitrogens with one attached hydrogen (secondary N) is 2. The molecule has 0 saturated heterocycles. The molecule has 2 N–H and O–H groups in total. The first-order valence-corrected chi connectivity index (χ1v) is 6.73. The molecule has 0 spiro atoms. The summed E-state index contributed by atoms with van der Waals surface area (Å²) in [5, 5.41) is 1.16. The lowest BCUT2D eigenvalue weighted by Crippen LogP contribution is -2.22. The normalized spacial score (nSPS) is 10.8. The lowest BCUT2D eigenvalue weighted by atomic mass is 10.2. The molecule has 0 fully saturated rings. The zero-order valence-electron chi connectivity index (χ0n) is 11.4. The van der Waals surface area contributed by atoms with Crippen LogP contribution in [-0.2, 0) is 11.2 Å². The van der Waals surface area contributed by atoms with Crippen LogP contribution in [0.25, 0.3) is 10.9 Å². The SMILES string of the molecule is Cc1cn(NC(=O)CCc2ccc[nH]2)c2ccccc12. The fraction of sp³-hybridized carbons (Fsp3) is 0.188. The summed E-state index contributed by atoms with van der Waals surface area (Å²) in [6.45, 7) is 2.05. The van der Waals surface area contributed by atoms with E-state index in [1.165, 1.54) is 0 Å². The third-order valence-corrected chi connectivity index (χ3v) is 3.44. The molecule has 0 aliphatic rings. The van der Waals surface area contributed by atoms with Gasteiger partial charge in [0.05, 0.1) is 5.52 Å². The standard InChI is InChI=1S/C16H17N3O/c1-12-11-19(15-7-3-2-6-14(12)15)18-16(20)9-8-13-5-4-10-17-13/h2-7,10-11,17H,8-9H2,1H3,(H,18,20). The third-order valence-electron chi connectivity index (χ3n) is 3.44. The quantitative estimate of drug-likeness (QED) is 0.750. The van der Waals surface area contributed by atoms with Crippen LogP contribution in [-0.4, -0.2) is 15.6 Å². The molecule has 0 atom stereocenters. The number of nitrogens with zero attached hydrogens (tertiary/aromatic N) is 1. The Bertz CT molecular complexity index is 725. The minimum Gasteiger partial charge on any atom is -0.365 e. The molecule has 0 bridgehead atoms. The molecule has 2 heterocycles. The molecule has 1 amide bonds. The van der Waals surface area contributed by atoms with Crippen molar-refractivity contribution in [2.75, 3.05) is 5.43 Å². The van der Waals surface area contributed by atoms with Crippen molar-refractivity contribution in [2.45, 2.75) is 19.8 Å². The number of aromatic nitrogens is 2. The maximum atomic E-state index is 12.0. The summed E-state index contributed by atoms with van der Waals surface area (Å²) in [7, 11) is 0. The van der Waals surface area contributed by atoms with E-state index in [4.69, 9.17) is 0 Å². The highest BCUT2D eigenvalue weighted by molar-refractivity contribution is 5.89. The lowest BCUT2D eigenvalue weighted by Gasteiger charge is -2.07. The van der Waals surface area contributed by atoms with Crippen molar-refractivity contribution in [2.24, 2.45) is 0 Å². The van der Waals surface area contributed by atoms with Crippen LogP contribution in [0.15, 0.2) is 48.8 Å². The number of benzene rings is 1. The highest BCUT2D eigenvalue weighted by Gasteiger charge is 2.08. The number of fused-ring (bicyclic) bond motifs is 1. The van der Waals surface area contributed by atoms with Crippen LogP contribution in [0.2, 0.25) is 0 Å². The number of para-hydroxylation sites is 1. The lowest BCUT2D eigenvalue weighted by molar-refractivity contribution is -0.117. The Kier molecular flexibility index (Phi) is 3.29. The Morgan fingerprint density at radius 2 is 2.10 bits per heavy atom. The predicted molar refractivity (Wildman–Crippen MR) is 80.2 cm³/mol. The average molecular weight is 267 g/mol. The van der Waals surface area contributed by atoms with E-state index >= 15 is 0 Å². The molecule has 2 aromatic heterocycles. The van der Waals surface area contributed by atoms with E-state index in [0.717, 1.165) is 28.6 Å². The maximum absolute atomic E-state index is 12.0. The second kappa shape index (κ2) is 5.25. The van der Waals surface area contributed by atoms with Gasteiger partial charge in [0.1, 0.15) is 0 Å². The molecule has 0 aliphatic carbocycles. The average Bonchev–Trinajstić information content (AvgIpc) is 3.07. The zero-order valence-corrected chi connectivity index (χ0v) is 11.4. The van der Waals surface area contributed by atoms with Crippen LogP contribution < -0.4 is 5.43 Å². The number of amides is 1. The van der Waals surface area contributed by atoms with Crippen LogP contribution in [0.5, 0.6) is 0 Å². The van der Waals surface area contributed by atoms with E-state index in [-0.39, 0.29) is 5.91 Å². The van der Waals surface area contributed by atoms with Gasteiger partial charge in [-0.05, 0) is 37.1 Å². The number of aromatic amines is 1. The number of aryl methyl sites for hydroxylation is 2. The minimum atomic E-state index is 0.0142. The van der Waals surface area contributed by atoms with Crippen molar-refractivity contribution in [3.63, 3.8) is 0 Å². The molecule has 20 heavy (non-hydrogen) atoms. The number of hydrogen-bond acceptors (Lipinski definition) is 1. The predicted octanol–water partition coefficient (Wildman–Crippen LogP) is 2.98. The molecule has 4 nitrogen and oxygen atoms in total. The van der Waals surface area contributed by atoms with Gasteiger partial charge in [0.25, 0.3) is 0 Å². The van der Waals surface area contributed by atoms with Crippen LogP contribution in [0, 0.1) is 6.92 Å². The van der Waals surface area contributed by atoms with E-state index in [9.17, 15) is 4.79 Å². The fourth-order valence-corrected chi connectivity index (χ4v) is 2.40. The number of carbonyl (C=O) groups excluding carboxylic acids is 1. The Hall–Kier alpha value is -2.49. The Morgan fingerprint density at radius 1 is 1.25 bits per heavy atom. The van der Waals surface area contributed by atoms with E-state index in [1.807, 2.05) is 54.3 Å². The summed E-state index contributed by atoms with van der Waals surface area (Å²) in [6.07, 6.45) is 5.01. The molecule has 3 rings (SSSR count). The van der Waals surface area contributed by atoms with Crippen LogP contribution in [0.4, 0.5) is 0 Å².